The molecule has 0 unspecified atom stereocenters. The van der Waals surface area contributed by atoms with Gasteiger partial charge in [0, 0.05) is 24.2 Å². The summed E-state index contributed by atoms with van der Waals surface area (Å²) in [4.78, 5) is 18.1. The first-order chi connectivity index (χ1) is 9.81. The third kappa shape index (κ3) is 2.31. The van der Waals surface area contributed by atoms with E-state index in [9.17, 15) is 4.79 Å². The number of amides is 1. The molecule has 1 saturated heterocycles. The van der Waals surface area contributed by atoms with Gasteiger partial charge in [-0.1, -0.05) is 12.1 Å². The van der Waals surface area contributed by atoms with Gasteiger partial charge in [-0.3, -0.25) is 4.79 Å². The molecule has 1 aliphatic rings. The van der Waals surface area contributed by atoms with Gasteiger partial charge < -0.3 is 15.2 Å². The van der Waals surface area contributed by atoms with Gasteiger partial charge in [0.05, 0.1) is 11.1 Å². The number of rotatable bonds is 3. The van der Waals surface area contributed by atoms with Crippen LogP contribution in [-0.2, 0) is 0 Å². The first-order valence-corrected chi connectivity index (χ1v) is 7.39. The number of H-pyrrole nitrogens is 1. The summed E-state index contributed by atoms with van der Waals surface area (Å²) in [6, 6.07) is 8.28. The number of para-hydroxylation sites is 1. The number of nitrogens with one attached hydrogen (secondary N) is 2. The lowest BCUT2D eigenvalue weighted by Crippen LogP contribution is -2.46. The summed E-state index contributed by atoms with van der Waals surface area (Å²) in [7, 11) is 0. The van der Waals surface area contributed by atoms with Crippen LogP contribution in [0.3, 0.4) is 0 Å². The number of aromatic amines is 1. The van der Waals surface area contributed by atoms with Crippen molar-refractivity contribution < 1.29 is 4.79 Å². The quantitative estimate of drug-likeness (QED) is 0.900. The molecule has 1 amide bonds. The molecule has 0 saturated carbocycles. The van der Waals surface area contributed by atoms with Crippen molar-refractivity contribution in [3.63, 3.8) is 0 Å². The van der Waals surface area contributed by atoms with Gasteiger partial charge in [-0.2, -0.15) is 0 Å². The van der Waals surface area contributed by atoms with Crippen LogP contribution in [0.25, 0.3) is 10.9 Å². The molecule has 2 aromatic rings. The molecule has 2 N–H and O–H groups in total. The van der Waals surface area contributed by atoms with Crippen LogP contribution in [0.2, 0.25) is 0 Å². The Morgan fingerprint density at radius 3 is 2.85 bits per heavy atom. The van der Waals surface area contributed by atoms with Crippen LogP contribution in [0.1, 0.15) is 30.1 Å². The van der Waals surface area contributed by atoms with Gasteiger partial charge in [-0.25, -0.2) is 0 Å². The van der Waals surface area contributed by atoms with E-state index in [1.165, 1.54) is 0 Å². The molecule has 0 bridgehead atoms. The lowest BCUT2D eigenvalue weighted by Gasteiger charge is -2.34. The highest BCUT2D eigenvalue weighted by Crippen LogP contribution is 2.21. The number of carbonyl (C=O) groups excluding carboxylic acids is 1. The third-order valence-corrected chi connectivity index (χ3v) is 4.17. The van der Waals surface area contributed by atoms with Gasteiger partial charge in [0.1, 0.15) is 0 Å². The molecule has 3 rings (SSSR count). The van der Waals surface area contributed by atoms with E-state index in [0.717, 1.165) is 48.9 Å². The van der Waals surface area contributed by atoms with E-state index >= 15 is 0 Å². The molecule has 0 radical (unpaired) electrons. The molecule has 1 aliphatic heterocycles. The molecular formula is C16H21N3O. The molecular weight excluding hydrogens is 250 g/mol. The molecule has 1 fully saturated rings. The number of carbonyl (C=O) groups is 1. The second kappa shape index (κ2) is 5.67. The molecule has 0 spiro atoms. The summed E-state index contributed by atoms with van der Waals surface area (Å²) in [6.45, 7) is 4.83. The predicted octanol–water partition coefficient (Wildman–Crippen LogP) is 2.38. The van der Waals surface area contributed by atoms with Gasteiger partial charge in [0.25, 0.3) is 5.91 Å². The smallest absolute Gasteiger partial charge is 0.256 e. The molecule has 4 heteroatoms. The maximum absolute atomic E-state index is 12.9. The van der Waals surface area contributed by atoms with Crippen molar-refractivity contribution in [3.8, 4) is 0 Å². The van der Waals surface area contributed by atoms with Crippen LogP contribution in [0.4, 0.5) is 0 Å². The van der Waals surface area contributed by atoms with Crippen LogP contribution in [-0.4, -0.2) is 41.5 Å². The van der Waals surface area contributed by atoms with E-state index < -0.39 is 0 Å². The normalized spacial score (nSPS) is 16.4. The molecule has 0 aliphatic carbocycles. The van der Waals surface area contributed by atoms with Gasteiger partial charge >= 0.3 is 0 Å². The largest absolute Gasteiger partial charge is 0.361 e. The van der Waals surface area contributed by atoms with Crippen molar-refractivity contribution in [2.45, 2.75) is 25.8 Å². The van der Waals surface area contributed by atoms with Crippen LogP contribution < -0.4 is 5.32 Å². The minimum Gasteiger partial charge on any atom is -0.361 e. The topological polar surface area (TPSA) is 48.1 Å². The van der Waals surface area contributed by atoms with E-state index in [4.69, 9.17) is 0 Å². The van der Waals surface area contributed by atoms with Crippen molar-refractivity contribution >= 4 is 16.8 Å². The monoisotopic (exact) mass is 271 g/mol. The van der Waals surface area contributed by atoms with E-state index in [1.807, 2.05) is 35.4 Å². The molecule has 4 nitrogen and oxygen atoms in total. The number of aromatic nitrogens is 1. The Hall–Kier alpha value is -1.81. The van der Waals surface area contributed by atoms with Gasteiger partial charge in [0.15, 0.2) is 0 Å². The minimum absolute atomic E-state index is 0.146. The number of piperidine rings is 1. The van der Waals surface area contributed by atoms with Gasteiger partial charge in [-0.05, 0) is 45.0 Å². The highest BCUT2D eigenvalue weighted by Gasteiger charge is 2.25. The van der Waals surface area contributed by atoms with Crippen molar-refractivity contribution in [2.24, 2.45) is 0 Å². The summed E-state index contributed by atoms with van der Waals surface area (Å²) < 4.78 is 0. The average molecular weight is 271 g/mol. The van der Waals surface area contributed by atoms with Crippen LogP contribution in [0.5, 0.6) is 0 Å². The Kier molecular flexibility index (Phi) is 3.74. The number of nitrogens with zero attached hydrogens (tertiary/aromatic N) is 1. The maximum Gasteiger partial charge on any atom is 0.256 e. The summed E-state index contributed by atoms with van der Waals surface area (Å²) in [5.41, 5.74) is 1.73. The Morgan fingerprint density at radius 1 is 1.30 bits per heavy atom. The average Bonchev–Trinajstić information content (AvgIpc) is 2.97. The highest BCUT2D eigenvalue weighted by atomic mass is 16.2. The lowest BCUT2D eigenvalue weighted by molar-refractivity contribution is 0.0658. The van der Waals surface area contributed by atoms with Gasteiger partial charge in [-0.15, -0.1) is 0 Å². The van der Waals surface area contributed by atoms with E-state index in [2.05, 4.69) is 17.2 Å². The summed E-state index contributed by atoms with van der Waals surface area (Å²) in [5, 5.41) is 4.45. The third-order valence-electron chi connectivity index (χ3n) is 4.17. The fourth-order valence-corrected chi connectivity index (χ4v) is 3.10. The molecule has 0 atom stereocenters. The number of hydrogen-bond acceptors (Lipinski definition) is 2. The van der Waals surface area contributed by atoms with Crippen LogP contribution in [0, 0.1) is 0 Å². The minimum atomic E-state index is 0.146. The second-order valence-electron chi connectivity index (χ2n) is 5.32. The fraction of sp³-hybridized carbons (Fsp3) is 0.438. The zero-order valence-electron chi connectivity index (χ0n) is 11.9. The van der Waals surface area contributed by atoms with E-state index in [-0.39, 0.29) is 5.91 Å². The molecule has 1 aromatic carbocycles. The SMILES string of the molecule is CCN(C(=O)c1cccc2cc[nH]c12)C1CCNCC1. The zero-order chi connectivity index (χ0) is 13.9. The molecule has 106 valence electrons. The Balaban J connectivity index is 1.91. The number of benzene rings is 1. The Morgan fingerprint density at radius 2 is 2.10 bits per heavy atom. The van der Waals surface area contributed by atoms with Gasteiger partial charge in [0.2, 0.25) is 0 Å². The number of hydrogen-bond donors (Lipinski definition) is 2. The van der Waals surface area contributed by atoms with E-state index in [0.29, 0.717) is 6.04 Å². The summed E-state index contributed by atoms with van der Waals surface area (Å²) in [5.74, 6) is 0.146. The second-order valence-corrected chi connectivity index (χ2v) is 5.32. The number of fused-ring (bicyclic) bond motifs is 1. The summed E-state index contributed by atoms with van der Waals surface area (Å²) in [6.07, 6.45) is 3.98. The zero-order valence-corrected chi connectivity index (χ0v) is 11.9. The van der Waals surface area contributed by atoms with Crippen molar-refractivity contribution in [2.75, 3.05) is 19.6 Å². The predicted molar refractivity (Wildman–Crippen MR) is 80.9 cm³/mol. The Bertz CT molecular complexity index is 599. The Labute approximate surface area is 119 Å². The van der Waals surface area contributed by atoms with Crippen LogP contribution in [0.15, 0.2) is 30.5 Å². The molecule has 2 heterocycles. The first-order valence-electron chi connectivity index (χ1n) is 7.39. The lowest BCUT2D eigenvalue weighted by atomic mass is 10.0. The van der Waals surface area contributed by atoms with Crippen molar-refractivity contribution in [1.29, 1.82) is 0 Å². The summed E-state index contributed by atoms with van der Waals surface area (Å²) >= 11 is 0. The molecule has 1 aromatic heterocycles. The fourth-order valence-electron chi connectivity index (χ4n) is 3.10. The van der Waals surface area contributed by atoms with E-state index in [1.54, 1.807) is 0 Å². The van der Waals surface area contributed by atoms with Crippen LogP contribution >= 0.6 is 0 Å². The standard InChI is InChI=1S/C16H21N3O/c1-2-19(13-7-9-17-10-8-13)16(20)14-5-3-4-12-6-11-18-15(12)14/h3-6,11,13,17-18H,2,7-10H2,1H3. The first kappa shape index (κ1) is 13.2. The maximum atomic E-state index is 12.9. The highest BCUT2D eigenvalue weighted by molar-refractivity contribution is 6.05. The van der Waals surface area contributed by atoms with Crippen molar-refractivity contribution in [1.82, 2.24) is 15.2 Å². The molecule has 20 heavy (non-hydrogen) atoms. The van der Waals surface area contributed by atoms with Crippen molar-refractivity contribution in [3.05, 3.63) is 36.0 Å².